The average Bonchev–Trinajstić information content (AvgIpc) is 3.14. The molecule has 1 N–H and O–H groups in total. The van der Waals surface area contributed by atoms with Crippen LogP contribution in [0.15, 0.2) is 48.8 Å². The van der Waals surface area contributed by atoms with Crippen LogP contribution < -0.4 is 5.32 Å². The van der Waals surface area contributed by atoms with Crippen molar-refractivity contribution in [3.05, 3.63) is 59.9 Å². The molecule has 0 radical (unpaired) electrons. The molecule has 3 aromatic rings. The number of nitrogens with zero attached hydrogens (tertiary/aromatic N) is 4. The Balaban J connectivity index is 1.50. The number of fused-ring (bicyclic) bond motifs is 2. The van der Waals surface area contributed by atoms with Gasteiger partial charge in [0.05, 0.1) is 11.1 Å². The van der Waals surface area contributed by atoms with Gasteiger partial charge in [-0.2, -0.15) is 0 Å². The van der Waals surface area contributed by atoms with Crippen LogP contribution in [-0.2, 0) is 4.79 Å². The molecule has 8 nitrogen and oxygen atoms in total. The topological polar surface area (TPSA) is 96.7 Å². The molecule has 0 saturated heterocycles. The maximum atomic E-state index is 12.2. The second kappa shape index (κ2) is 5.27. The minimum atomic E-state index is -0.503. The van der Waals surface area contributed by atoms with Gasteiger partial charge in [0.1, 0.15) is 6.54 Å². The van der Waals surface area contributed by atoms with E-state index in [2.05, 4.69) is 15.4 Å². The van der Waals surface area contributed by atoms with Gasteiger partial charge < -0.3 is 5.32 Å². The Bertz CT molecular complexity index is 959. The fourth-order valence-electron chi connectivity index (χ4n) is 2.59. The Labute approximate surface area is 135 Å². The summed E-state index contributed by atoms with van der Waals surface area (Å²) in [4.78, 5) is 41.6. The summed E-state index contributed by atoms with van der Waals surface area (Å²) in [6.07, 6.45) is 3.24. The van der Waals surface area contributed by atoms with Crippen molar-refractivity contribution in [3.8, 4) is 0 Å². The van der Waals surface area contributed by atoms with Gasteiger partial charge in [-0.25, -0.2) is 9.50 Å². The number of anilines is 1. The quantitative estimate of drug-likeness (QED) is 0.725. The van der Waals surface area contributed by atoms with E-state index in [4.69, 9.17) is 0 Å². The molecule has 0 spiro atoms. The molecular weight excluding hydrogens is 310 g/mol. The molecule has 4 rings (SSSR count). The first kappa shape index (κ1) is 14.1. The molecule has 0 fully saturated rings. The Morgan fingerprint density at radius 3 is 2.46 bits per heavy atom. The maximum Gasteiger partial charge on any atom is 0.262 e. The number of benzene rings is 1. The Morgan fingerprint density at radius 2 is 1.75 bits per heavy atom. The van der Waals surface area contributed by atoms with Crippen LogP contribution in [0, 0.1) is 0 Å². The minimum absolute atomic E-state index is 0.308. The summed E-state index contributed by atoms with van der Waals surface area (Å²) in [5.41, 5.74) is 1.27. The van der Waals surface area contributed by atoms with Crippen LogP contribution >= 0.6 is 0 Å². The number of rotatable bonds is 3. The van der Waals surface area contributed by atoms with Crippen LogP contribution in [0.5, 0.6) is 0 Å². The molecule has 0 saturated carbocycles. The number of carbonyl (C=O) groups is 3. The fraction of sp³-hybridized carbons (Fsp3) is 0.0625. The van der Waals surface area contributed by atoms with Gasteiger partial charge in [0, 0.05) is 12.4 Å². The normalized spacial score (nSPS) is 13.4. The van der Waals surface area contributed by atoms with Gasteiger partial charge in [-0.3, -0.25) is 19.3 Å². The first-order valence-electron chi connectivity index (χ1n) is 7.19. The van der Waals surface area contributed by atoms with Crippen LogP contribution in [0.2, 0.25) is 0 Å². The first-order chi connectivity index (χ1) is 11.6. The second-order valence-corrected chi connectivity index (χ2v) is 5.24. The Hall–Kier alpha value is -3.55. The molecule has 118 valence electrons. The molecule has 1 aromatic carbocycles. The summed E-state index contributed by atoms with van der Waals surface area (Å²) < 4.78 is 1.51. The van der Waals surface area contributed by atoms with Crippen molar-refractivity contribution in [1.29, 1.82) is 0 Å². The monoisotopic (exact) mass is 321 g/mol. The highest BCUT2D eigenvalue weighted by Gasteiger charge is 2.36. The average molecular weight is 321 g/mol. The zero-order valence-corrected chi connectivity index (χ0v) is 12.3. The van der Waals surface area contributed by atoms with E-state index in [9.17, 15) is 14.4 Å². The zero-order valence-electron chi connectivity index (χ0n) is 12.3. The van der Waals surface area contributed by atoms with E-state index >= 15 is 0 Å². The third-order valence-electron chi connectivity index (χ3n) is 3.70. The highest BCUT2D eigenvalue weighted by Crippen LogP contribution is 2.22. The highest BCUT2D eigenvalue weighted by molar-refractivity contribution is 6.22. The van der Waals surface area contributed by atoms with Crippen LogP contribution in [0.3, 0.4) is 0 Å². The van der Waals surface area contributed by atoms with E-state index < -0.39 is 17.7 Å². The summed E-state index contributed by atoms with van der Waals surface area (Å²) in [7, 11) is 0. The van der Waals surface area contributed by atoms with Gasteiger partial charge in [-0.15, -0.1) is 5.10 Å². The molecule has 0 bridgehead atoms. The number of aromatic nitrogens is 3. The molecule has 0 atom stereocenters. The lowest BCUT2D eigenvalue weighted by molar-refractivity contribution is -0.116. The molecule has 8 heteroatoms. The van der Waals surface area contributed by atoms with Crippen LogP contribution in [-0.4, -0.2) is 43.8 Å². The predicted octanol–water partition coefficient (Wildman–Crippen LogP) is 0.964. The summed E-state index contributed by atoms with van der Waals surface area (Å²) in [6.45, 7) is -0.365. The molecule has 1 aliphatic heterocycles. The third-order valence-corrected chi connectivity index (χ3v) is 3.70. The maximum absolute atomic E-state index is 12.2. The van der Waals surface area contributed by atoms with Gasteiger partial charge in [0.15, 0.2) is 11.5 Å². The fourth-order valence-corrected chi connectivity index (χ4v) is 2.59. The van der Waals surface area contributed by atoms with Crippen molar-refractivity contribution in [3.63, 3.8) is 0 Å². The predicted molar refractivity (Wildman–Crippen MR) is 83.4 cm³/mol. The van der Waals surface area contributed by atoms with Gasteiger partial charge in [0.25, 0.3) is 11.8 Å². The van der Waals surface area contributed by atoms with Gasteiger partial charge in [-0.1, -0.05) is 12.1 Å². The van der Waals surface area contributed by atoms with E-state index in [0.29, 0.717) is 22.6 Å². The smallest absolute Gasteiger partial charge is 0.262 e. The summed E-state index contributed by atoms with van der Waals surface area (Å²) in [5, 5.41) is 6.74. The number of carbonyl (C=O) groups excluding carboxylic acids is 3. The number of hydrogen-bond donors (Lipinski definition) is 1. The minimum Gasteiger partial charge on any atom is -0.308 e. The van der Waals surface area contributed by atoms with Crippen molar-refractivity contribution >= 4 is 29.2 Å². The van der Waals surface area contributed by atoms with E-state index in [1.807, 2.05) is 0 Å². The van der Waals surface area contributed by atoms with E-state index in [-0.39, 0.29) is 6.54 Å². The molecule has 0 unspecified atom stereocenters. The molecule has 2 aromatic heterocycles. The molecule has 1 aliphatic rings. The first-order valence-corrected chi connectivity index (χ1v) is 7.19. The number of imide groups is 1. The number of amides is 3. The standard InChI is InChI=1S/C16H11N5O3/c22-14(18-12-5-6-13-17-7-8-21(13)19-12)9-20-15(23)10-3-1-2-4-11(10)16(20)24/h1-8H,9H2,(H,18,19,22). The lowest BCUT2D eigenvalue weighted by Crippen LogP contribution is -2.37. The molecule has 3 heterocycles. The van der Waals surface area contributed by atoms with E-state index in [1.54, 1.807) is 48.8 Å². The lowest BCUT2D eigenvalue weighted by Gasteiger charge is -2.13. The molecule has 24 heavy (non-hydrogen) atoms. The van der Waals surface area contributed by atoms with Gasteiger partial charge in [-0.05, 0) is 24.3 Å². The molecule has 0 aliphatic carbocycles. The molecule has 3 amide bonds. The van der Waals surface area contributed by atoms with Crippen molar-refractivity contribution in [2.24, 2.45) is 0 Å². The molecular formula is C16H11N5O3. The second-order valence-electron chi connectivity index (χ2n) is 5.24. The summed E-state index contributed by atoms with van der Waals surface area (Å²) in [6, 6.07) is 9.80. The summed E-state index contributed by atoms with van der Waals surface area (Å²) in [5.74, 6) is -1.13. The third kappa shape index (κ3) is 2.21. The van der Waals surface area contributed by atoms with Crippen molar-refractivity contribution in [2.45, 2.75) is 0 Å². The number of imidazole rings is 1. The van der Waals surface area contributed by atoms with E-state index in [0.717, 1.165) is 4.90 Å². The van der Waals surface area contributed by atoms with Crippen LogP contribution in [0.25, 0.3) is 5.65 Å². The van der Waals surface area contributed by atoms with Crippen LogP contribution in [0.4, 0.5) is 5.82 Å². The van der Waals surface area contributed by atoms with E-state index in [1.165, 1.54) is 4.52 Å². The number of hydrogen-bond acceptors (Lipinski definition) is 5. The Kier molecular flexibility index (Phi) is 3.09. The zero-order chi connectivity index (χ0) is 16.7. The van der Waals surface area contributed by atoms with Crippen molar-refractivity contribution in [1.82, 2.24) is 19.5 Å². The summed E-state index contributed by atoms with van der Waals surface area (Å²) >= 11 is 0. The SMILES string of the molecule is O=C(CN1C(=O)c2ccccc2C1=O)Nc1ccc2nccn2n1. The van der Waals surface area contributed by atoms with Crippen LogP contribution in [0.1, 0.15) is 20.7 Å². The van der Waals surface area contributed by atoms with Crippen molar-refractivity contribution < 1.29 is 14.4 Å². The van der Waals surface area contributed by atoms with Gasteiger partial charge in [0.2, 0.25) is 5.91 Å². The highest BCUT2D eigenvalue weighted by atomic mass is 16.2. The largest absolute Gasteiger partial charge is 0.308 e. The number of nitrogens with one attached hydrogen (secondary N) is 1. The van der Waals surface area contributed by atoms with Gasteiger partial charge >= 0.3 is 0 Å². The van der Waals surface area contributed by atoms with Crippen molar-refractivity contribution in [2.75, 3.05) is 11.9 Å². The Morgan fingerprint density at radius 1 is 1.04 bits per heavy atom. The lowest BCUT2D eigenvalue weighted by atomic mass is 10.1.